The highest BCUT2D eigenvalue weighted by Gasteiger charge is 2.08. The minimum Gasteiger partial charge on any atom is -0.349 e. The summed E-state index contributed by atoms with van der Waals surface area (Å²) in [5, 5.41) is 3.43. The first-order chi connectivity index (χ1) is 9.88. The molecule has 0 radical (unpaired) electrons. The number of nitrogens with one attached hydrogen (secondary N) is 2. The Morgan fingerprint density at radius 1 is 1.30 bits per heavy atom. The Labute approximate surface area is 118 Å². The summed E-state index contributed by atoms with van der Waals surface area (Å²) in [6.07, 6.45) is 4.54. The largest absolute Gasteiger partial charge is 0.349 e. The Morgan fingerprint density at radius 3 is 3.00 bits per heavy atom. The Hall–Kier alpha value is -2.14. The molecule has 2 N–H and O–H groups in total. The van der Waals surface area contributed by atoms with E-state index in [4.69, 9.17) is 4.98 Å². The number of H-pyrrole nitrogens is 1. The number of hydrogen-bond donors (Lipinski definition) is 2. The molecule has 1 aromatic carbocycles. The lowest BCUT2D eigenvalue weighted by molar-refractivity contribution is 0.615. The first kappa shape index (κ1) is 12.9. The smallest absolute Gasteiger partial charge is 0.123 e. The third kappa shape index (κ3) is 2.58. The highest BCUT2D eigenvalue weighted by molar-refractivity contribution is 5.75. The van der Waals surface area contributed by atoms with Crippen LogP contribution in [0.15, 0.2) is 36.7 Å². The maximum atomic E-state index is 4.70. The summed E-state index contributed by atoms with van der Waals surface area (Å²) in [5.41, 5.74) is 2.27. The van der Waals surface area contributed by atoms with Crippen LogP contribution < -0.4 is 5.32 Å². The lowest BCUT2D eigenvalue weighted by Crippen LogP contribution is -2.20. The van der Waals surface area contributed by atoms with Gasteiger partial charge in [0.25, 0.3) is 0 Å². The lowest BCUT2D eigenvalue weighted by atomic mass is 10.3. The maximum Gasteiger partial charge on any atom is 0.123 e. The van der Waals surface area contributed by atoms with E-state index in [1.54, 1.807) is 6.20 Å². The average molecular weight is 269 g/mol. The van der Waals surface area contributed by atoms with Crippen LogP contribution in [-0.4, -0.2) is 26.1 Å². The maximum absolute atomic E-state index is 4.70. The van der Waals surface area contributed by atoms with Crippen molar-refractivity contribution in [1.82, 2.24) is 24.8 Å². The molecule has 0 aliphatic heterocycles. The summed E-state index contributed by atoms with van der Waals surface area (Å²) in [7, 11) is 0. The Morgan fingerprint density at radius 2 is 2.20 bits per heavy atom. The molecule has 0 amide bonds. The van der Waals surface area contributed by atoms with E-state index in [-0.39, 0.29) is 0 Å². The zero-order valence-electron chi connectivity index (χ0n) is 11.6. The first-order valence-corrected chi connectivity index (χ1v) is 7.01. The van der Waals surface area contributed by atoms with Crippen LogP contribution in [0.2, 0.25) is 0 Å². The van der Waals surface area contributed by atoms with Crippen molar-refractivity contribution in [3.8, 4) is 0 Å². The highest BCUT2D eigenvalue weighted by Crippen LogP contribution is 2.15. The minimum absolute atomic E-state index is 0.781. The summed E-state index contributed by atoms with van der Waals surface area (Å²) >= 11 is 0. The molecule has 0 unspecified atom stereocenters. The number of nitrogens with zero attached hydrogens (tertiary/aromatic N) is 3. The van der Waals surface area contributed by atoms with E-state index in [9.17, 15) is 0 Å². The van der Waals surface area contributed by atoms with Crippen molar-refractivity contribution < 1.29 is 0 Å². The molecule has 0 aliphatic rings. The topological polar surface area (TPSA) is 58.5 Å². The van der Waals surface area contributed by atoms with Gasteiger partial charge in [-0.05, 0) is 19.1 Å². The Balaban J connectivity index is 1.65. The zero-order valence-corrected chi connectivity index (χ0v) is 11.6. The fourth-order valence-corrected chi connectivity index (χ4v) is 2.45. The van der Waals surface area contributed by atoms with Crippen molar-refractivity contribution in [2.24, 2.45) is 0 Å². The molecule has 5 nitrogen and oxygen atoms in total. The fraction of sp³-hybridized carbons (Fsp3) is 0.333. The SMILES string of the molecule is CCn1c(CNCCc2ncc[nH]2)nc2ccccc21. The predicted molar refractivity (Wildman–Crippen MR) is 79.4 cm³/mol. The van der Waals surface area contributed by atoms with Gasteiger partial charge in [-0.25, -0.2) is 9.97 Å². The van der Waals surface area contributed by atoms with Crippen molar-refractivity contribution in [2.75, 3.05) is 6.54 Å². The van der Waals surface area contributed by atoms with Crippen LogP contribution in [0, 0.1) is 0 Å². The molecule has 0 spiro atoms. The number of rotatable bonds is 6. The van der Waals surface area contributed by atoms with Gasteiger partial charge in [-0.1, -0.05) is 12.1 Å². The number of aromatic amines is 1. The van der Waals surface area contributed by atoms with Crippen molar-refractivity contribution in [2.45, 2.75) is 26.4 Å². The Bertz CT molecular complexity index is 669. The van der Waals surface area contributed by atoms with Gasteiger partial charge in [0.15, 0.2) is 0 Å². The molecule has 5 heteroatoms. The lowest BCUT2D eigenvalue weighted by Gasteiger charge is -2.07. The number of benzene rings is 1. The van der Waals surface area contributed by atoms with Crippen LogP contribution >= 0.6 is 0 Å². The molecule has 0 saturated carbocycles. The molecule has 2 heterocycles. The summed E-state index contributed by atoms with van der Waals surface area (Å²) in [4.78, 5) is 12.0. The molecule has 104 valence electrons. The van der Waals surface area contributed by atoms with E-state index in [2.05, 4.69) is 45.0 Å². The van der Waals surface area contributed by atoms with Gasteiger partial charge < -0.3 is 14.9 Å². The van der Waals surface area contributed by atoms with Gasteiger partial charge in [0.05, 0.1) is 17.6 Å². The van der Waals surface area contributed by atoms with E-state index in [1.807, 2.05) is 12.3 Å². The van der Waals surface area contributed by atoms with Gasteiger partial charge >= 0.3 is 0 Å². The summed E-state index contributed by atoms with van der Waals surface area (Å²) in [6, 6.07) is 8.28. The van der Waals surface area contributed by atoms with Crippen molar-refractivity contribution in [3.63, 3.8) is 0 Å². The van der Waals surface area contributed by atoms with Gasteiger partial charge in [0.1, 0.15) is 11.6 Å². The predicted octanol–water partition coefficient (Wildman–Crippen LogP) is 2.11. The summed E-state index contributed by atoms with van der Waals surface area (Å²) in [5.74, 6) is 2.11. The molecule has 2 aromatic heterocycles. The van der Waals surface area contributed by atoms with Gasteiger partial charge in [-0.2, -0.15) is 0 Å². The van der Waals surface area contributed by atoms with Gasteiger partial charge in [0.2, 0.25) is 0 Å². The standard InChI is InChI=1S/C15H19N5/c1-2-20-13-6-4-3-5-12(13)19-15(20)11-16-8-7-14-17-9-10-18-14/h3-6,9-10,16H,2,7-8,11H2,1H3,(H,17,18). The average Bonchev–Trinajstić information content (AvgIpc) is 3.10. The number of para-hydroxylation sites is 2. The molecule has 0 bridgehead atoms. The molecular weight excluding hydrogens is 250 g/mol. The molecule has 0 saturated heterocycles. The van der Waals surface area contributed by atoms with Crippen molar-refractivity contribution in [3.05, 3.63) is 48.3 Å². The number of aryl methyl sites for hydroxylation is 1. The number of aromatic nitrogens is 4. The monoisotopic (exact) mass is 269 g/mol. The van der Waals surface area contributed by atoms with E-state index in [0.29, 0.717) is 0 Å². The summed E-state index contributed by atoms with van der Waals surface area (Å²) in [6.45, 7) is 4.76. The second kappa shape index (κ2) is 5.88. The first-order valence-electron chi connectivity index (χ1n) is 7.01. The van der Waals surface area contributed by atoms with Gasteiger partial charge in [-0.15, -0.1) is 0 Å². The molecule has 0 aliphatic carbocycles. The van der Waals surface area contributed by atoms with Crippen LogP contribution in [0.25, 0.3) is 11.0 Å². The van der Waals surface area contributed by atoms with Crippen molar-refractivity contribution >= 4 is 11.0 Å². The van der Waals surface area contributed by atoms with Crippen LogP contribution in [-0.2, 0) is 19.5 Å². The van der Waals surface area contributed by atoms with Gasteiger partial charge in [-0.3, -0.25) is 0 Å². The van der Waals surface area contributed by atoms with Crippen LogP contribution in [0.4, 0.5) is 0 Å². The van der Waals surface area contributed by atoms with Crippen molar-refractivity contribution in [1.29, 1.82) is 0 Å². The van der Waals surface area contributed by atoms with Crippen LogP contribution in [0.1, 0.15) is 18.6 Å². The van der Waals surface area contributed by atoms with Crippen LogP contribution in [0.3, 0.4) is 0 Å². The minimum atomic E-state index is 0.781. The third-order valence-electron chi connectivity index (χ3n) is 3.43. The van der Waals surface area contributed by atoms with Crippen LogP contribution in [0.5, 0.6) is 0 Å². The second-order valence-electron chi connectivity index (χ2n) is 4.72. The quantitative estimate of drug-likeness (QED) is 0.674. The zero-order chi connectivity index (χ0) is 13.8. The normalized spacial score (nSPS) is 11.2. The molecule has 3 aromatic rings. The second-order valence-corrected chi connectivity index (χ2v) is 4.72. The molecular formula is C15H19N5. The molecule has 0 atom stereocenters. The van der Waals surface area contributed by atoms with E-state index in [1.165, 1.54) is 5.52 Å². The summed E-state index contributed by atoms with van der Waals surface area (Å²) < 4.78 is 2.26. The van der Waals surface area contributed by atoms with Gasteiger partial charge in [0, 0.05) is 31.9 Å². The van der Waals surface area contributed by atoms with E-state index < -0.39 is 0 Å². The molecule has 3 rings (SSSR count). The molecule has 20 heavy (non-hydrogen) atoms. The number of imidazole rings is 2. The number of fused-ring (bicyclic) bond motifs is 1. The fourth-order valence-electron chi connectivity index (χ4n) is 2.45. The highest BCUT2D eigenvalue weighted by atomic mass is 15.1. The Kier molecular flexibility index (Phi) is 3.78. The van der Waals surface area contributed by atoms with E-state index >= 15 is 0 Å². The molecule has 0 fully saturated rings. The number of hydrogen-bond acceptors (Lipinski definition) is 3. The van der Waals surface area contributed by atoms with E-state index in [0.717, 1.165) is 43.2 Å². The third-order valence-corrected chi connectivity index (χ3v) is 3.43.